The summed E-state index contributed by atoms with van der Waals surface area (Å²) >= 11 is 2.15. The molecule has 1 spiro atoms. The number of piperidine rings is 1. The van der Waals surface area contributed by atoms with Gasteiger partial charge in [0.25, 0.3) is 0 Å². The molecule has 1 amide bonds. The van der Waals surface area contributed by atoms with E-state index in [9.17, 15) is 9.59 Å². The van der Waals surface area contributed by atoms with Crippen LogP contribution in [0.15, 0.2) is 48.2 Å². The number of ether oxygens (including phenoxy) is 1. The van der Waals surface area contributed by atoms with Crippen LogP contribution in [0.3, 0.4) is 0 Å². The van der Waals surface area contributed by atoms with Gasteiger partial charge >= 0.3 is 5.97 Å². The van der Waals surface area contributed by atoms with E-state index in [0.29, 0.717) is 36.2 Å². The normalized spacial score (nSPS) is 21.1. The molecule has 2 aromatic rings. The third kappa shape index (κ3) is 4.57. The van der Waals surface area contributed by atoms with Crippen molar-refractivity contribution in [1.82, 2.24) is 10.2 Å². The Hall–Kier alpha value is -2.33. The summed E-state index contributed by atoms with van der Waals surface area (Å²) in [5.41, 5.74) is 9.87. The van der Waals surface area contributed by atoms with Crippen molar-refractivity contribution in [2.75, 3.05) is 19.6 Å². The highest BCUT2D eigenvalue weighted by Gasteiger charge is 2.49. The minimum Gasteiger partial charge on any atom is -0.448 e. The van der Waals surface area contributed by atoms with E-state index in [0.717, 1.165) is 33.2 Å². The maximum atomic E-state index is 12.9. The molecule has 2 aliphatic rings. The lowest BCUT2D eigenvalue weighted by atomic mass is 9.85. The Labute approximate surface area is 203 Å². The molecule has 32 heavy (non-hydrogen) atoms. The van der Waals surface area contributed by atoms with Crippen LogP contribution in [0.4, 0.5) is 0 Å². The van der Waals surface area contributed by atoms with Gasteiger partial charge in [0.15, 0.2) is 5.60 Å². The predicted octanol–water partition coefficient (Wildman–Crippen LogP) is 1.77. The zero-order valence-electron chi connectivity index (χ0n) is 18.0. The molecule has 1 fully saturated rings. The number of benzene rings is 2. The number of hydrogen-bond donors (Lipinski definition) is 2. The molecule has 0 saturated carbocycles. The van der Waals surface area contributed by atoms with E-state index in [1.54, 1.807) is 0 Å². The van der Waals surface area contributed by atoms with Gasteiger partial charge in [-0.1, -0.05) is 41.9 Å². The maximum Gasteiger partial charge on any atom is 0.341 e. The van der Waals surface area contributed by atoms with Gasteiger partial charge in [-0.15, -0.1) is 0 Å². The lowest BCUT2D eigenvalue weighted by Gasteiger charge is -2.39. The number of nitrogens with zero attached hydrogens (tertiary/aromatic N) is 1. The summed E-state index contributed by atoms with van der Waals surface area (Å²) < 4.78 is 6.75. The van der Waals surface area contributed by atoms with Gasteiger partial charge in [-0.2, -0.15) is 0 Å². The monoisotopic (exact) mass is 541 g/mol. The molecule has 0 aliphatic carbocycles. The number of nitrogens with one attached hydrogen (secondary N) is 1. The number of nitrogens with two attached hydrogens (primary N) is 1. The van der Waals surface area contributed by atoms with Crippen LogP contribution in [0.2, 0.25) is 0 Å². The summed E-state index contributed by atoms with van der Waals surface area (Å²) in [6.45, 7) is 3.77. The molecule has 8 heteroatoms. The lowest BCUT2D eigenvalue weighted by Crippen LogP contribution is -2.53. The third-order valence-corrected chi connectivity index (χ3v) is 7.03. The van der Waals surface area contributed by atoms with Crippen LogP contribution in [-0.4, -0.2) is 49.9 Å². The molecule has 2 aromatic carbocycles. The second-order valence-electron chi connectivity index (χ2n) is 8.44. The Morgan fingerprint density at radius 2 is 2.06 bits per heavy atom. The number of esters is 1. The van der Waals surface area contributed by atoms with Crippen molar-refractivity contribution in [3.8, 4) is 0 Å². The van der Waals surface area contributed by atoms with E-state index in [2.05, 4.69) is 27.9 Å². The minimum absolute atomic E-state index is 0.0677. The van der Waals surface area contributed by atoms with Crippen molar-refractivity contribution in [2.45, 2.75) is 31.9 Å². The summed E-state index contributed by atoms with van der Waals surface area (Å²) in [6.07, 6.45) is 1.42. The molecule has 2 aliphatic heterocycles. The van der Waals surface area contributed by atoms with Crippen LogP contribution in [0.5, 0.6) is 0 Å². The number of amides is 1. The van der Waals surface area contributed by atoms with E-state index in [1.165, 1.54) is 0 Å². The Morgan fingerprint density at radius 1 is 1.31 bits per heavy atom. The first-order valence-corrected chi connectivity index (χ1v) is 11.7. The van der Waals surface area contributed by atoms with Crippen LogP contribution in [0.1, 0.15) is 29.5 Å². The molecule has 2 heterocycles. The van der Waals surface area contributed by atoms with Crippen LogP contribution < -0.4 is 16.5 Å². The Balaban J connectivity index is 1.49. The summed E-state index contributed by atoms with van der Waals surface area (Å²) in [4.78, 5) is 27.4. The fraction of sp³-hybridized carbons (Fsp3) is 0.333. The van der Waals surface area contributed by atoms with Crippen molar-refractivity contribution in [2.24, 2.45) is 5.73 Å². The van der Waals surface area contributed by atoms with Crippen LogP contribution in [0, 0.1) is 10.5 Å². The SMILES string of the molecule is [B]c1cc(C)c(C2=C(N)C3(CCCN(CC(=O)NCc4ccccc4)C3)OC2=O)cc1I. The van der Waals surface area contributed by atoms with Gasteiger partial charge in [-0.3, -0.25) is 9.69 Å². The fourth-order valence-corrected chi connectivity index (χ4v) is 4.92. The summed E-state index contributed by atoms with van der Waals surface area (Å²) in [5.74, 6) is -0.483. The Kier molecular flexibility index (Phi) is 6.62. The van der Waals surface area contributed by atoms with Gasteiger partial charge < -0.3 is 15.8 Å². The van der Waals surface area contributed by atoms with Crippen molar-refractivity contribution >= 4 is 53.3 Å². The molecule has 2 radical (unpaired) electrons. The minimum atomic E-state index is -0.899. The summed E-state index contributed by atoms with van der Waals surface area (Å²) in [5, 5.41) is 2.95. The van der Waals surface area contributed by atoms with Gasteiger partial charge in [0.1, 0.15) is 7.85 Å². The highest BCUT2D eigenvalue weighted by atomic mass is 127. The quantitative estimate of drug-likeness (QED) is 0.343. The van der Waals surface area contributed by atoms with E-state index < -0.39 is 11.6 Å². The van der Waals surface area contributed by atoms with Crippen molar-refractivity contribution in [1.29, 1.82) is 0 Å². The molecule has 3 N–H and O–H groups in total. The highest BCUT2D eigenvalue weighted by molar-refractivity contribution is 14.1. The van der Waals surface area contributed by atoms with E-state index in [4.69, 9.17) is 18.3 Å². The first-order chi connectivity index (χ1) is 15.3. The third-order valence-electron chi connectivity index (χ3n) is 6.10. The van der Waals surface area contributed by atoms with Gasteiger partial charge in [0, 0.05) is 16.7 Å². The number of likely N-dealkylation sites (tertiary alicyclic amines) is 1. The highest BCUT2D eigenvalue weighted by Crippen LogP contribution is 2.41. The first-order valence-electron chi connectivity index (χ1n) is 10.6. The largest absolute Gasteiger partial charge is 0.448 e. The molecular weight excluding hydrogens is 516 g/mol. The molecule has 1 unspecified atom stereocenters. The molecular formula is C24H25BIN3O3. The van der Waals surface area contributed by atoms with Crippen LogP contribution >= 0.6 is 22.6 Å². The van der Waals surface area contributed by atoms with Gasteiger partial charge in [-0.25, -0.2) is 4.79 Å². The van der Waals surface area contributed by atoms with Crippen LogP contribution in [0.25, 0.3) is 5.57 Å². The van der Waals surface area contributed by atoms with Crippen molar-refractivity contribution in [3.05, 3.63) is 68.4 Å². The smallest absolute Gasteiger partial charge is 0.341 e. The first kappa shape index (κ1) is 22.9. The number of aryl methyl sites for hydroxylation is 1. The van der Waals surface area contributed by atoms with Gasteiger partial charge in [0.05, 0.1) is 17.8 Å². The molecule has 0 aromatic heterocycles. The number of carbonyl (C=O) groups is 2. The second kappa shape index (κ2) is 9.27. The lowest BCUT2D eigenvalue weighted by molar-refractivity contribution is -0.149. The molecule has 6 nitrogen and oxygen atoms in total. The summed E-state index contributed by atoms with van der Waals surface area (Å²) in [6, 6.07) is 13.5. The fourth-order valence-electron chi connectivity index (χ4n) is 4.45. The number of carbonyl (C=O) groups excluding carboxylic acids is 2. The average molecular weight is 541 g/mol. The Morgan fingerprint density at radius 3 is 2.81 bits per heavy atom. The average Bonchev–Trinajstić information content (AvgIpc) is 2.99. The summed E-state index contributed by atoms with van der Waals surface area (Å²) in [7, 11) is 6.00. The van der Waals surface area contributed by atoms with Crippen molar-refractivity contribution in [3.63, 3.8) is 0 Å². The van der Waals surface area contributed by atoms with Crippen LogP contribution in [-0.2, 0) is 20.9 Å². The topological polar surface area (TPSA) is 84.7 Å². The number of halogens is 1. The van der Waals surface area contributed by atoms with Crippen molar-refractivity contribution < 1.29 is 14.3 Å². The van der Waals surface area contributed by atoms with E-state index >= 15 is 0 Å². The zero-order valence-corrected chi connectivity index (χ0v) is 20.1. The molecule has 164 valence electrons. The predicted molar refractivity (Wildman–Crippen MR) is 133 cm³/mol. The zero-order chi connectivity index (χ0) is 22.9. The maximum absolute atomic E-state index is 12.9. The second-order valence-corrected chi connectivity index (χ2v) is 9.60. The number of hydrogen-bond acceptors (Lipinski definition) is 5. The molecule has 1 atom stereocenters. The molecule has 0 bridgehead atoms. The standard InChI is InChI=1S/C24H25BIN3O3/c1-15-10-18(25)19(26)11-17(15)21-22(27)24(32-23(21)31)8-5-9-29(14-24)13-20(30)28-12-16-6-3-2-4-7-16/h2-4,6-7,10-11H,5,8-9,12-14,27H2,1H3,(H,28,30). The van der Waals surface area contributed by atoms with Gasteiger partial charge in [0.2, 0.25) is 5.91 Å². The number of rotatable bonds is 5. The Bertz CT molecular complexity index is 1090. The van der Waals surface area contributed by atoms with E-state index in [-0.39, 0.29) is 12.5 Å². The molecule has 1 saturated heterocycles. The van der Waals surface area contributed by atoms with Gasteiger partial charge in [-0.05, 0) is 71.7 Å². The molecule has 4 rings (SSSR count). The van der Waals surface area contributed by atoms with E-state index in [1.807, 2.05) is 54.3 Å².